The zero-order valence-corrected chi connectivity index (χ0v) is 18.2. The Bertz CT molecular complexity index is 606. The van der Waals surface area contributed by atoms with E-state index in [0.717, 1.165) is 18.1 Å². The molecule has 0 bridgehead atoms. The highest BCUT2D eigenvalue weighted by atomic mass is 127. The van der Waals surface area contributed by atoms with Crippen molar-refractivity contribution in [3.63, 3.8) is 0 Å². The Morgan fingerprint density at radius 3 is 2.62 bits per heavy atom. The molecule has 8 heteroatoms. The Kier molecular flexibility index (Phi) is 12.3. The average molecular weight is 476 g/mol. The van der Waals surface area contributed by atoms with Crippen LogP contribution >= 0.6 is 24.0 Å². The van der Waals surface area contributed by atoms with Gasteiger partial charge in [-0.15, -0.1) is 30.6 Å². The van der Waals surface area contributed by atoms with Crippen molar-refractivity contribution in [2.75, 3.05) is 40.9 Å². The van der Waals surface area contributed by atoms with Crippen molar-refractivity contribution < 1.29 is 14.3 Å². The molecular formula is C18H29IN4O3. The van der Waals surface area contributed by atoms with Crippen molar-refractivity contribution >= 4 is 35.8 Å². The van der Waals surface area contributed by atoms with Crippen LogP contribution in [-0.2, 0) is 11.3 Å². The molecule has 0 aromatic heterocycles. The highest BCUT2D eigenvalue weighted by Gasteiger charge is 2.10. The SMILES string of the molecule is C=CCNC(=NCc1ccc(OCC(=O)N(C)C)c(OC)c1)NCC.I. The van der Waals surface area contributed by atoms with Gasteiger partial charge in [0, 0.05) is 27.2 Å². The number of methoxy groups -OCH3 is 1. The van der Waals surface area contributed by atoms with E-state index in [1.54, 1.807) is 33.3 Å². The zero-order chi connectivity index (χ0) is 18.7. The van der Waals surface area contributed by atoms with Crippen molar-refractivity contribution in [1.82, 2.24) is 15.5 Å². The minimum Gasteiger partial charge on any atom is -0.493 e. The van der Waals surface area contributed by atoms with Crippen molar-refractivity contribution in [2.45, 2.75) is 13.5 Å². The largest absolute Gasteiger partial charge is 0.493 e. The number of hydrogen-bond acceptors (Lipinski definition) is 4. The molecule has 0 spiro atoms. The van der Waals surface area contributed by atoms with Gasteiger partial charge in [0.15, 0.2) is 24.1 Å². The van der Waals surface area contributed by atoms with E-state index in [1.807, 2.05) is 19.1 Å². The summed E-state index contributed by atoms with van der Waals surface area (Å²) in [5.41, 5.74) is 0.971. The number of ether oxygens (including phenoxy) is 2. The van der Waals surface area contributed by atoms with Gasteiger partial charge in [-0.05, 0) is 24.6 Å². The van der Waals surface area contributed by atoms with Gasteiger partial charge in [-0.3, -0.25) is 4.79 Å². The highest BCUT2D eigenvalue weighted by Crippen LogP contribution is 2.28. The number of amides is 1. The molecule has 0 aliphatic heterocycles. The van der Waals surface area contributed by atoms with Crippen LogP contribution in [0, 0.1) is 0 Å². The third kappa shape index (κ3) is 8.41. The summed E-state index contributed by atoms with van der Waals surface area (Å²) in [6.45, 7) is 7.56. The number of carbonyl (C=O) groups excluding carboxylic acids is 1. The number of benzene rings is 1. The Morgan fingerprint density at radius 2 is 2.04 bits per heavy atom. The summed E-state index contributed by atoms with van der Waals surface area (Å²) in [7, 11) is 4.94. The first kappa shape index (κ1) is 24.0. The maximum absolute atomic E-state index is 11.6. The molecule has 0 unspecified atom stereocenters. The minimum atomic E-state index is -0.112. The summed E-state index contributed by atoms with van der Waals surface area (Å²) >= 11 is 0. The first-order valence-electron chi connectivity index (χ1n) is 8.14. The zero-order valence-electron chi connectivity index (χ0n) is 15.9. The lowest BCUT2D eigenvalue weighted by Gasteiger charge is -2.14. The summed E-state index contributed by atoms with van der Waals surface area (Å²) < 4.78 is 10.9. The number of nitrogens with one attached hydrogen (secondary N) is 2. The second kappa shape index (κ2) is 13.3. The molecular weight excluding hydrogens is 447 g/mol. The van der Waals surface area contributed by atoms with E-state index in [2.05, 4.69) is 22.2 Å². The molecule has 0 saturated carbocycles. The number of hydrogen-bond donors (Lipinski definition) is 2. The molecule has 0 fully saturated rings. The first-order valence-corrected chi connectivity index (χ1v) is 8.14. The van der Waals surface area contributed by atoms with Crippen LogP contribution in [0.2, 0.25) is 0 Å². The van der Waals surface area contributed by atoms with Gasteiger partial charge in [0.1, 0.15) is 0 Å². The molecule has 0 aliphatic rings. The van der Waals surface area contributed by atoms with Gasteiger partial charge in [-0.2, -0.15) is 0 Å². The number of carbonyl (C=O) groups is 1. The quantitative estimate of drug-likeness (QED) is 0.247. The van der Waals surface area contributed by atoms with Crippen LogP contribution in [0.5, 0.6) is 11.5 Å². The number of guanidine groups is 1. The van der Waals surface area contributed by atoms with Crippen molar-refractivity contribution in [2.24, 2.45) is 4.99 Å². The molecule has 0 heterocycles. The van der Waals surface area contributed by atoms with Gasteiger partial charge >= 0.3 is 0 Å². The standard InChI is InChI=1S/C18H28N4O3.HI/c1-6-10-20-18(19-7-2)21-12-14-8-9-15(16(11-14)24-5)25-13-17(23)22(3)4;/h6,8-9,11H,1,7,10,12-13H2,2-5H3,(H2,19,20,21);1H. The molecule has 7 nitrogen and oxygen atoms in total. The summed E-state index contributed by atoms with van der Waals surface area (Å²) in [5, 5.41) is 6.31. The normalized spacial score (nSPS) is 10.4. The summed E-state index contributed by atoms with van der Waals surface area (Å²) in [6, 6.07) is 5.55. The molecule has 0 atom stereocenters. The lowest BCUT2D eigenvalue weighted by Crippen LogP contribution is -2.37. The van der Waals surface area contributed by atoms with Crippen molar-refractivity contribution in [3.8, 4) is 11.5 Å². The van der Waals surface area contributed by atoms with Gasteiger partial charge in [0.05, 0.1) is 13.7 Å². The molecule has 0 saturated heterocycles. The summed E-state index contributed by atoms with van der Waals surface area (Å²) in [4.78, 5) is 17.6. The third-order valence-electron chi connectivity index (χ3n) is 3.26. The van der Waals surface area contributed by atoms with Crippen LogP contribution in [0.15, 0.2) is 35.8 Å². The molecule has 0 radical (unpaired) electrons. The van der Waals surface area contributed by atoms with Crippen LogP contribution in [0.1, 0.15) is 12.5 Å². The third-order valence-corrected chi connectivity index (χ3v) is 3.26. The van der Waals surface area contributed by atoms with Gasteiger partial charge in [0.2, 0.25) is 0 Å². The predicted octanol–water partition coefficient (Wildman–Crippen LogP) is 2.02. The maximum atomic E-state index is 11.6. The van der Waals surface area contributed by atoms with E-state index < -0.39 is 0 Å². The van der Waals surface area contributed by atoms with E-state index >= 15 is 0 Å². The van der Waals surface area contributed by atoms with Gasteiger partial charge in [-0.1, -0.05) is 12.1 Å². The molecule has 1 rings (SSSR count). The summed E-state index contributed by atoms with van der Waals surface area (Å²) in [5.74, 6) is 1.71. The maximum Gasteiger partial charge on any atom is 0.259 e. The Balaban J connectivity index is 0.00000625. The Hall–Kier alpha value is -1.97. The number of aliphatic imine (C=N–C) groups is 1. The highest BCUT2D eigenvalue weighted by molar-refractivity contribution is 14.0. The van der Waals surface area contributed by atoms with Crippen LogP contribution in [0.4, 0.5) is 0 Å². The van der Waals surface area contributed by atoms with Crippen LogP contribution in [-0.4, -0.2) is 57.7 Å². The number of nitrogens with zero attached hydrogens (tertiary/aromatic N) is 2. The second-order valence-electron chi connectivity index (χ2n) is 5.43. The minimum absolute atomic E-state index is 0. The molecule has 1 amide bonds. The van der Waals surface area contributed by atoms with Crippen LogP contribution in [0.25, 0.3) is 0 Å². The molecule has 1 aromatic carbocycles. The van der Waals surface area contributed by atoms with Crippen LogP contribution < -0.4 is 20.1 Å². The number of halogens is 1. The lowest BCUT2D eigenvalue weighted by atomic mass is 10.2. The van der Waals surface area contributed by atoms with Gasteiger partial charge in [0.25, 0.3) is 5.91 Å². The lowest BCUT2D eigenvalue weighted by molar-refractivity contribution is -0.130. The van der Waals surface area contributed by atoms with Crippen molar-refractivity contribution in [1.29, 1.82) is 0 Å². The fourth-order valence-electron chi connectivity index (χ4n) is 1.88. The van der Waals surface area contributed by atoms with Crippen molar-refractivity contribution in [3.05, 3.63) is 36.4 Å². The Morgan fingerprint density at radius 1 is 1.31 bits per heavy atom. The van der Waals surface area contributed by atoms with E-state index in [0.29, 0.717) is 24.6 Å². The molecule has 2 N–H and O–H groups in total. The molecule has 1 aromatic rings. The summed E-state index contributed by atoms with van der Waals surface area (Å²) in [6.07, 6.45) is 1.77. The number of likely N-dealkylation sites (N-methyl/N-ethyl adjacent to an activating group) is 1. The predicted molar refractivity (Wildman–Crippen MR) is 116 cm³/mol. The Labute approximate surface area is 172 Å². The topological polar surface area (TPSA) is 75.2 Å². The molecule has 26 heavy (non-hydrogen) atoms. The van der Waals surface area contributed by atoms with E-state index in [4.69, 9.17) is 9.47 Å². The van der Waals surface area contributed by atoms with Crippen LogP contribution in [0.3, 0.4) is 0 Å². The molecule has 0 aliphatic carbocycles. The smallest absolute Gasteiger partial charge is 0.259 e. The van der Waals surface area contributed by atoms with Gasteiger partial charge in [-0.25, -0.2) is 4.99 Å². The van der Waals surface area contributed by atoms with E-state index in [-0.39, 0.29) is 36.5 Å². The van der Waals surface area contributed by atoms with E-state index in [1.165, 1.54) is 4.90 Å². The number of rotatable bonds is 9. The first-order chi connectivity index (χ1) is 12.0. The van der Waals surface area contributed by atoms with E-state index in [9.17, 15) is 4.79 Å². The average Bonchev–Trinajstić information content (AvgIpc) is 2.62. The fourth-order valence-corrected chi connectivity index (χ4v) is 1.88. The van der Waals surface area contributed by atoms with Gasteiger partial charge < -0.3 is 25.0 Å². The monoisotopic (exact) mass is 476 g/mol. The fraction of sp³-hybridized carbons (Fsp3) is 0.444. The molecule has 146 valence electrons. The second-order valence-corrected chi connectivity index (χ2v) is 5.43.